The number of benzene rings is 1. The van der Waals surface area contributed by atoms with E-state index in [1.807, 2.05) is 0 Å². The molecule has 1 aliphatic heterocycles. The number of likely N-dealkylation sites (tertiary alicyclic amines) is 1. The van der Waals surface area contributed by atoms with E-state index in [2.05, 4.69) is 58.6 Å². The third-order valence-electron chi connectivity index (χ3n) is 5.34. The first-order valence-corrected chi connectivity index (χ1v) is 8.38. The van der Waals surface area contributed by atoms with Crippen LogP contribution in [0.25, 0.3) is 0 Å². The molecule has 2 heteroatoms. The van der Waals surface area contributed by atoms with Crippen LogP contribution in [0.3, 0.4) is 0 Å². The zero-order valence-electron chi connectivity index (χ0n) is 14.6. The third-order valence-corrected chi connectivity index (χ3v) is 5.34. The quantitative estimate of drug-likeness (QED) is 0.911. The minimum absolute atomic E-state index is 0.353. The van der Waals surface area contributed by atoms with Gasteiger partial charge in [0.25, 0.3) is 0 Å². The molecule has 0 aliphatic carbocycles. The number of aryl methyl sites for hydroxylation is 3. The largest absolute Gasteiger partial charge is 0.329 e. The summed E-state index contributed by atoms with van der Waals surface area (Å²) >= 11 is 0. The minimum atomic E-state index is 0.353. The first kappa shape index (κ1) is 16.5. The minimum Gasteiger partial charge on any atom is -0.329 e. The molecular weight excluding hydrogens is 256 g/mol. The van der Waals surface area contributed by atoms with Crippen LogP contribution < -0.4 is 5.73 Å². The van der Waals surface area contributed by atoms with Crippen molar-refractivity contribution in [2.75, 3.05) is 13.1 Å². The average Bonchev–Trinajstić information content (AvgIpc) is 2.38. The summed E-state index contributed by atoms with van der Waals surface area (Å²) in [4.78, 5) is 2.66. The topological polar surface area (TPSA) is 29.3 Å². The van der Waals surface area contributed by atoms with Gasteiger partial charge in [0.15, 0.2) is 0 Å². The Labute approximate surface area is 130 Å². The van der Waals surface area contributed by atoms with E-state index in [0.29, 0.717) is 18.6 Å². The van der Waals surface area contributed by atoms with E-state index in [4.69, 9.17) is 5.73 Å². The van der Waals surface area contributed by atoms with Gasteiger partial charge in [-0.25, -0.2) is 0 Å². The Balaban J connectivity index is 2.39. The van der Waals surface area contributed by atoms with Gasteiger partial charge in [0.05, 0.1) is 0 Å². The van der Waals surface area contributed by atoms with Crippen molar-refractivity contribution in [2.24, 2.45) is 17.6 Å². The number of hydrogen-bond acceptors (Lipinski definition) is 2. The van der Waals surface area contributed by atoms with Gasteiger partial charge in [-0.15, -0.1) is 0 Å². The molecular formula is C19H32N2. The Hall–Kier alpha value is -0.860. The van der Waals surface area contributed by atoms with Crippen molar-refractivity contribution in [3.8, 4) is 0 Å². The maximum Gasteiger partial charge on any atom is 0.0478 e. The number of hydrogen-bond donors (Lipinski definition) is 1. The summed E-state index contributed by atoms with van der Waals surface area (Å²) < 4.78 is 0. The predicted octanol–water partition coefficient (Wildman–Crippen LogP) is 3.98. The Morgan fingerprint density at radius 3 is 2.24 bits per heavy atom. The molecule has 118 valence electrons. The summed E-state index contributed by atoms with van der Waals surface area (Å²) in [5.74, 6) is 1.50. The summed E-state index contributed by atoms with van der Waals surface area (Å²) in [5.41, 5.74) is 11.8. The maximum atomic E-state index is 6.22. The zero-order chi connectivity index (χ0) is 15.7. The normalized spacial score (nSPS) is 28.6. The Morgan fingerprint density at radius 2 is 1.71 bits per heavy atom. The van der Waals surface area contributed by atoms with Crippen LogP contribution in [0.5, 0.6) is 0 Å². The average molecular weight is 288 g/mol. The lowest BCUT2D eigenvalue weighted by molar-refractivity contribution is 0.0420. The fourth-order valence-corrected chi connectivity index (χ4v) is 4.31. The monoisotopic (exact) mass is 288 g/mol. The molecule has 4 unspecified atom stereocenters. The molecule has 1 saturated heterocycles. The van der Waals surface area contributed by atoms with Gasteiger partial charge in [-0.3, -0.25) is 4.90 Å². The van der Waals surface area contributed by atoms with Crippen molar-refractivity contribution in [3.05, 3.63) is 34.4 Å². The molecule has 0 amide bonds. The highest BCUT2D eigenvalue weighted by atomic mass is 15.2. The molecule has 1 fully saturated rings. The summed E-state index contributed by atoms with van der Waals surface area (Å²) in [6, 6.07) is 5.56. The van der Waals surface area contributed by atoms with E-state index in [-0.39, 0.29) is 0 Å². The fourth-order valence-electron chi connectivity index (χ4n) is 4.31. The molecule has 1 heterocycles. The van der Waals surface area contributed by atoms with Crippen LogP contribution in [-0.2, 0) is 0 Å². The second-order valence-corrected chi connectivity index (χ2v) is 7.32. The summed E-state index contributed by atoms with van der Waals surface area (Å²) in [6.07, 6.45) is 1.33. The molecule has 0 saturated carbocycles. The van der Waals surface area contributed by atoms with Gasteiger partial charge >= 0.3 is 0 Å². The summed E-state index contributed by atoms with van der Waals surface area (Å²) in [7, 11) is 0. The molecule has 0 radical (unpaired) electrons. The van der Waals surface area contributed by atoms with Gasteiger partial charge in [-0.1, -0.05) is 31.5 Å². The molecule has 2 N–H and O–H groups in total. The van der Waals surface area contributed by atoms with Crippen LogP contribution >= 0.6 is 0 Å². The molecule has 4 atom stereocenters. The van der Waals surface area contributed by atoms with Crippen LogP contribution in [-0.4, -0.2) is 24.0 Å². The molecule has 0 bridgehead atoms. The Morgan fingerprint density at radius 1 is 1.14 bits per heavy atom. The lowest BCUT2D eigenvalue weighted by Gasteiger charge is -2.46. The Kier molecular flexibility index (Phi) is 5.11. The van der Waals surface area contributed by atoms with Crippen molar-refractivity contribution in [2.45, 2.75) is 60.0 Å². The van der Waals surface area contributed by atoms with E-state index in [1.54, 1.807) is 0 Å². The van der Waals surface area contributed by atoms with Gasteiger partial charge in [-0.2, -0.15) is 0 Å². The smallest absolute Gasteiger partial charge is 0.0478 e. The van der Waals surface area contributed by atoms with E-state index < -0.39 is 0 Å². The lowest BCUT2D eigenvalue weighted by atomic mass is 9.83. The van der Waals surface area contributed by atoms with Crippen molar-refractivity contribution < 1.29 is 0 Å². The Bertz CT molecular complexity index is 471. The van der Waals surface area contributed by atoms with Crippen molar-refractivity contribution in [1.29, 1.82) is 0 Å². The van der Waals surface area contributed by atoms with Crippen LogP contribution in [0.15, 0.2) is 12.1 Å². The van der Waals surface area contributed by atoms with Gasteiger partial charge in [-0.05, 0) is 62.6 Å². The number of nitrogens with zero attached hydrogens (tertiary/aromatic N) is 1. The number of rotatable bonds is 3. The molecule has 0 spiro atoms. The van der Waals surface area contributed by atoms with E-state index in [0.717, 1.165) is 11.8 Å². The molecule has 21 heavy (non-hydrogen) atoms. The predicted molar refractivity (Wildman–Crippen MR) is 91.6 cm³/mol. The summed E-state index contributed by atoms with van der Waals surface area (Å²) in [6.45, 7) is 15.6. The van der Waals surface area contributed by atoms with Crippen molar-refractivity contribution >= 4 is 0 Å². The fraction of sp³-hybridized carbons (Fsp3) is 0.684. The van der Waals surface area contributed by atoms with Gasteiger partial charge in [0.2, 0.25) is 0 Å². The van der Waals surface area contributed by atoms with E-state index >= 15 is 0 Å². The second kappa shape index (κ2) is 6.50. The first-order chi connectivity index (χ1) is 9.85. The number of nitrogens with two attached hydrogens (primary N) is 1. The molecule has 2 nitrogen and oxygen atoms in total. The number of piperidine rings is 1. The van der Waals surface area contributed by atoms with E-state index in [1.165, 1.54) is 35.2 Å². The molecule has 1 aromatic rings. The highest BCUT2D eigenvalue weighted by Crippen LogP contribution is 2.35. The SMILES string of the molecule is Cc1cc(C)c(C(CN)N2CC(C)CC(C)C2C)c(C)c1. The van der Waals surface area contributed by atoms with Crippen molar-refractivity contribution in [3.63, 3.8) is 0 Å². The van der Waals surface area contributed by atoms with Crippen LogP contribution in [0.2, 0.25) is 0 Å². The van der Waals surface area contributed by atoms with E-state index in [9.17, 15) is 0 Å². The van der Waals surface area contributed by atoms with Crippen LogP contribution in [0.4, 0.5) is 0 Å². The third kappa shape index (κ3) is 3.32. The molecule has 2 rings (SSSR count). The molecule has 1 aliphatic rings. The highest BCUT2D eigenvalue weighted by Gasteiger charge is 2.34. The van der Waals surface area contributed by atoms with Crippen LogP contribution in [0.1, 0.15) is 55.5 Å². The van der Waals surface area contributed by atoms with Gasteiger partial charge in [0, 0.05) is 25.2 Å². The lowest BCUT2D eigenvalue weighted by Crippen LogP contribution is -2.49. The highest BCUT2D eigenvalue weighted by molar-refractivity contribution is 5.40. The second-order valence-electron chi connectivity index (χ2n) is 7.32. The first-order valence-electron chi connectivity index (χ1n) is 8.38. The molecule has 0 aromatic heterocycles. The standard InChI is InChI=1S/C19H32N2/c1-12-7-15(4)19(16(5)8-12)18(10-20)21-11-13(2)9-14(3)17(21)6/h7-8,13-14,17-18H,9-11,20H2,1-6H3. The maximum absolute atomic E-state index is 6.22. The van der Waals surface area contributed by atoms with Crippen LogP contribution in [0, 0.1) is 32.6 Å². The van der Waals surface area contributed by atoms with Gasteiger partial charge in [0.1, 0.15) is 0 Å². The van der Waals surface area contributed by atoms with Crippen molar-refractivity contribution in [1.82, 2.24) is 4.90 Å². The van der Waals surface area contributed by atoms with Gasteiger partial charge < -0.3 is 5.73 Å². The zero-order valence-corrected chi connectivity index (χ0v) is 14.6. The molecule has 1 aromatic carbocycles. The summed E-state index contributed by atoms with van der Waals surface area (Å²) in [5, 5.41) is 0.